The molecule has 0 saturated carbocycles. The van der Waals surface area contributed by atoms with Gasteiger partial charge in [0.15, 0.2) is 11.5 Å². The van der Waals surface area contributed by atoms with Crippen LogP contribution in [0.3, 0.4) is 0 Å². The lowest BCUT2D eigenvalue weighted by molar-refractivity contribution is -0.112. The summed E-state index contributed by atoms with van der Waals surface area (Å²) >= 11 is 6.26. The minimum atomic E-state index is -1.12. The van der Waals surface area contributed by atoms with Crippen molar-refractivity contribution in [1.82, 2.24) is 0 Å². The van der Waals surface area contributed by atoms with E-state index in [-0.39, 0.29) is 21.8 Å². The number of hydrogen-bond acceptors (Lipinski definition) is 5. The van der Waals surface area contributed by atoms with E-state index in [9.17, 15) is 14.9 Å². The van der Waals surface area contributed by atoms with Gasteiger partial charge >= 0.3 is 5.97 Å². The van der Waals surface area contributed by atoms with Crippen LogP contribution in [0.5, 0.6) is 11.5 Å². The van der Waals surface area contributed by atoms with Crippen molar-refractivity contribution < 1.29 is 24.2 Å². The average Bonchev–Trinajstić information content (AvgIpc) is 2.69. The molecular weight excluding hydrogens is 396 g/mol. The van der Waals surface area contributed by atoms with Gasteiger partial charge in [-0.1, -0.05) is 17.7 Å². The molecule has 0 aliphatic rings. The number of aromatic carboxylic acids is 1. The highest BCUT2D eigenvalue weighted by Gasteiger charge is 2.15. The lowest BCUT2D eigenvalue weighted by Gasteiger charge is -2.13. The number of benzene rings is 2. The van der Waals surface area contributed by atoms with E-state index in [1.54, 1.807) is 12.1 Å². The first-order chi connectivity index (χ1) is 13.9. The SMILES string of the molecule is CCOc1cc(/C=C(/C#N)C(=O)Nc2cccc(C(=O)O)c2)cc(Cl)c1OCC. The van der Waals surface area contributed by atoms with Gasteiger partial charge in [0.1, 0.15) is 11.6 Å². The van der Waals surface area contributed by atoms with E-state index in [1.165, 1.54) is 30.3 Å². The summed E-state index contributed by atoms with van der Waals surface area (Å²) in [5.41, 5.74) is 0.571. The number of amides is 1. The first kappa shape index (κ1) is 21.8. The third kappa shape index (κ3) is 5.74. The van der Waals surface area contributed by atoms with Gasteiger partial charge in [0.25, 0.3) is 5.91 Å². The maximum atomic E-state index is 12.5. The molecule has 0 aliphatic heterocycles. The maximum absolute atomic E-state index is 12.5. The predicted octanol–water partition coefficient (Wildman–Crippen LogP) is 4.38. The fraction of sp³-hybridized carbons (Fsp3) is 0.190. The van der Waals surface area contributed by atoms with Crippen molar-refractivity contribution in [3.05, 3.63) is 58.1 Å². The van der Waals surface area contributed by atoms with Gasteiger partial charge in [0.05, 0.1) is 23.8 Å². The van der Waals surface area contributed by atoms with Gasteiger partial charge in [-0.3, -0.25) is 4.79 Å². The van der Waals surface area contributed by atoms with Crippen molar-refractivity contribution in [2.75, 3.05) is 18.5 Å². The van der Waals surface area contributed by atoms with Crippen LogP contribution in [-0.4, -0.2) is 30.2 Å². The Morgan fingerprint density at radius 3 is 2.55 bits per heavy atom. The van der Waals surface area contributed by atoms with E-state index >= 15 is 0 Å². The summed E-state index contributed by atoms with van der Waals surface area (Å²) in [7, 11) is 0. The molecule has 2 aromatic rings. The first-order valence-electron chi connectivity index (χ1n) is 8.75. The molecule has 8 heteroatoms. The Morgan fingerprint density at radius 2 is 1.93 bits per heavy atom. The molecule has 1 amide bonds. The Kier molecular flexibility index (Phi) is 7.63. The van der Waals surface area contributed by atoms with E-state index in [0.29, 0.717) is 30.3 Å². The largest absolute Gasteiger partial charge is 0.490 e. The number of nitriles is 1. The van der Waals surface area contributed by atoms with Crippen LogP contribution in [0.15, 0.2) is 42.0 Å². The highest BCUT2D eigenvalue weighted by Crippen LogP contribution is 2.37. The fourth-order valence-electron chi connectivity index (χ4n) is 2.46. The molecule has 0 fully saturated rings. The number of hydrogen-bond donors (Lipinski definition) is 2. The van der Waals surface area contributed by atoms with Gasteiger partial charge in [-0.2, -0.15) is 5.26 Å². The van der Waals surface area contributed by atoms with Gasteiger partial charge in [-0.05, 0) is 55.8 Å². The molecule has 0 atom stereocenters. The number of carboxylic acids is 1. The zero-order chi connectivity index (χ0) is 21.4. The topological polar surface area (TPSA) is 109 Å². The standard InChI is InChI=1S/C21H19ClN2O5/c1-3-28-18-10-13(9-17(22)19(18)29-4-2)8-15(12-23)20(25)24-16-7-5-6-14(11-16)21(26)27/h5-11H,3-4H2,1-2H3,(H,24,25)(H,26,27)/b15-8-. The summed E-state index contributed by atoms with van der Waals surface area (Å²) in [6, 6.07) is 10.7. The van der Waals surface area contributed by atoms with Gasteiger partial charge in [-0.15, -0.1) is 0 Å². The zero-order valence-corrected chi connectivity index (χ0v) is 16.6. The quantitative estimate of drug-likeness (QED) is 0.490. The summed E-state index contributed by atoms with van der Waals surface area (Å²) in [5.74, 6) is -1.01. The number of rotatable bonds is 8. The summed E-state index contributed by atoms with van der Waals surface area (Å²) in [5, 5.41) is 21.2. The molecule has 150 valence electrons. The molecule has 0 radical (unpaired) electrons. The fourth-order valence-corrected chi connectivity index (χ4v) is 2.74. The van der Waals surface area contributed by atoms with Crippen LogP contribution in [0.25, 0.3) is 6.08 Å². The molecule has 29 heavy (non-hydrogen) atoms. The second kappa shape index (κ2) is 10.2. The molecular formula is C21H19ClN2O5. The Bertz CT molecular complexity index is 995. The first-order valence-corrected chi connectivity index (χ1v) is 9.13. The summed E-state index contributed by atoms with van der Waals surface area (Å²) < 4.78 is 11.0. The van der Waals surface area contributed by atoms with E-state index < -0.39 is 11.9 Å². The van der Waals surface area contributed by atoms with E-state index in [2.05, 4.69) is 5.32 Å². The lowest BCUT2D eigenvalue weighted by atomic mass is 10.1. The van der Waals surface area contributed by atoms with Crippen LogP contribution in [-0.2, 0) is 4.79 Å². The molecule has 0 aliphatic carbocycles. The van der Waals surface area contributed by atoms with Crippen molar-refractivity contribution in [2.45, 2.75) is 13.8 Å². The summed E-state index contributed by atoms with van der Waals surface area (Å²) in [4.78, 5) is 23.5. The molecule has 0 heterocycles. The zero-order valence-electron chi connectivity index (χ0n) is 15.9. The molecule has 0 saturated heterocycles. The minimum absolute atomic E-state index is 0.0185. The summed E-state index contributed by atoms with van der Waals surface area (Å²) in [6.07, 6.45) is 1.36. The Balaban J connectivity index is 2.33. The molecule has 7 nitrogen and oxygen atoms in total. The van der Waals surface area contributed by atoms with E-state index in [0.717, 1.165) is 0 Å². The molecule has 2 rings (SSSR count). The second-order valence-corrected chi connectivity index (χ2v) is 6.11. The van der Waals surface area contributed by atoms with Gasteiger partial charge in [0.2, 0.25) is 0 Å². The molecule has 0 aromatic heterocycles. The third-order valence-corrected chi connectivity index (χ3v) is 3.94. The molecule has 0 unspecified atom stereocenters. The van der Waals surface area contributed by atoms with Gasteiger partial charge in [-0.25, -0.2) is 4.79 Å². The number of nitrogens with zero attached hydrogens (tertiary/aromatic N) is 1. The predicted molar refractivity (Wildman–Crippen MR) is 109 cm³/mol. The van der Waals surface area contributed by atoms with E-state index in [4.69, 9.17) is 26.2 Å². The number of halogens is 1. The number of carboxylic acid groups (broad SMARTS) is 1. The van der Waals surface area contributed by atoms with Crippen LogP contribution < -0.4 is 14.8 Å². The van der Waals surface area contributed by atoms with Gasteiger partial charge < -0.3 is 19.9 Å². The Labute approximate surface area is 173 Å². The number of ether oxygens (including phenoxy) is 2. The van der Waals surface area contributed by atoms with Crippen molar-refractivity contribution in [2.24, 2.45) is 0 Å². The Morgan fingerprint density at radius 1 is 1.21 bits per heavy atom. The van der Waals surface area contributed by atoms with Crippen LogP contribution in [0.1, 0.15) is 29.8 Å². The Hall–Kier alpha value is -3.50. The van der Waals surface area contributed by atoms with Crippen molar-refractivity contribution in [1.29, 1.82) is 5.26 Å². The second-order valence-electron chi connectivity index (χ2n) is 5.71. The summed E-state index contributed by atoms with van der Waals surface area (Å²) in [6.45, 7) is 4.41. The number of anilines is 1. The normalized spacial score (nSPS) is 10.8. The average molecular weight is 415 g/mol. The maximum Gasteiger partial charge on any atom is 0.335 e. The van der Waals surface area contributed by atoms with Gasteiger partial charge in [0, 0.05) is 5.69 Å². The highest BCUT2D eigenvalue weighted by molar-refractivity contribution is 6.32. The smallest absolute Gasteiger partial charge is 0.335 e. The van der Waals surface area contributed by atoms with Crippen molar-refractivity contribution in [3.63, 3.8) is 0 Å². The monoisotopic (exact) mass is 414 g/mol. The van der Waals surface area contributed by atoms with Crippen LogP contribution in [0.4, 0.5) is 5.69 Å². The molecule has 2 aromatic carbocycles. The highest BCUT2D eigenvalue weighted by atomic mass is 35.5. The lowest BCUT2D eigenvalue weighted by Crippen LogP contribution is -2.14. The van der Waals surface area contributed by atoms with Crippen molar-refractivity contribution >= 4 is 35.2 Å². The molecule has 2 N–H and O–H groups in total. The van der Waals surface area contributed by atoms with Crippen molar-refractivity contribution in [3.8, 4) is 17.6 Å². The molecule has 0 bridgehead atoms. The number of carbonyl (C=O) groups excluding carboxylic acids is 1. The number of nitrogens with one attached hydrogen (secondary N) is 1. The van der Waals surface area contributed by atoms with Crippen LogP contribution >= 0.6 is 11.6 Å². The van der Waals surface area contributed by atoms with Crippen LogP contribution in [0, 0.1) is 11.3 Å². The minimum Gasteiger partial charge on any atom is -0.490 e. The van der Waals surface area contributed by atoms with E-state index in [1.807, 2.05) is 19.9 Å². The third-order valence-electron chi connectivity index (χ3n) is 3.66. The number of carbonyl (C=O) groups is 2. The molecule has 0 spiro atoms. The van der Waals surface area contributed by atoms with Crippen LogP contribution in [0.2, 0.25) is 5.02 Å².